The van der Waals surface area contributed by atoms with Crippen LogP contribution in [0.4, 0.5) is 10.1 Å². The molecule has 0 saturated carbocycles. The first-order valence-corrected chi connectivity index (χ1v) is 5.68. The van der Waals surface area contributed by atoms with Crippen LogP contribution >= 0.6 is 0 Å². The Balaban J connectivity index is 2.11. The van der Waals surface area contributed by atoms with Crippen LogP contribution in [0.5, 0.6) is 0 Å². The lowest BCUT2D eigenvalue weighted by molar-refractivity contribution is 0.624. The smallest absolute Gasteiger partial charge is 0.143 e. The molecule has 0 spiro atoms. The number of nitrogens with one attached hydrogen (secondary N) is 1. The summed E-state index contributed by atoms with van der Waals surface area (Å²) in [5, 5.41) is 16.1. The zero-order valence-electron chi connectivity index (χ0n) is 10.0. The number of aryl methyl sites for hydroxylation is 1. The second kappa shape index (κ2) is 5.32. The summed E-state index contributed by atoms with van der Waals surface area (Å²) in [7, 11) is 0. The zero-order valence-corrected chi connectivity index (χ0v) is 10.0. The number of nitrogens with zero attached hydrogens (tertiary/aromatic N) is 3. The lowest BCUT2D eigenvalue weighted by Crippen LogP contribution is -2.02. The standard InChI is InChI=1S/C13H13FN4/c1-2-18-9-10(8-17-18)7-16-13-5-3-4-12(14)11(13)6-15/h3-5,8-9,16H,2,7H2,1H3. The summed E-state index contributed by atoms with van der Waals surface area (Å²) in [5.41, 5.74) is 1.53. The van der Waals surface area contributed by atoms with Crippen LogP contribution in [0.2, 0.25) is 0 Å². The fraction of sp³-hybridized carbons (Fsp3) is 0.231. The molecule has 18 heavy (non-hydrogen) atoms. The number of hydrogen-bond acceptors (Lipinski definition) is 3. The summed E-state index contributed by atoms with van der Waals surface area (Å²) < 4.78 is 15.2. The third-order valence-electron chi connectivity index (χ3n) is 2.62. The summed E-state index contributed by atoms with van der Waals surface area (Å²) in [5.74, 6) is -0.508. The Morgan fingerprint density at radius 2 is 2.33 bits per heavy atom. The molecular weight excluding hydrogens is 231 g/mol. The van der Waals surface area contributed by atoms with Crippen LogP contribution in [0.25, 0.3) is 0 Å². The monoisotopic (exact) mass is 244 g/mol. The van der Waals surface area contributed by atoms with E-state index in [1.54, 1.807) is 18.3 Å². The van der Waals surface area contributed by atoms with E-state index in [0.29, 0.717) is 12.2 Å². The molecule has 1 N–H and O–H groups in total. The molecule has 0 fully saturated rings. The van der Waals surface area contributed by atoms with Gasteiger partial charge < -0.3 is 5.32 Å². The van der Waals surface area contributed by atoms with Crippen molar-refractivity contribution in [3.05, 3.63) is 47.5 Å². The average molecular weight is 244 g/mol. The molecule has 2 rings (SSSR count). The molecule has 0 atom stereocenters. The normalized spacial score (nSPS) is 10.1. The molecule has 0 aliphatic rings. The van der Waals surface area contributed by atoms with Gasteiger partial charge in [0.2, 0.25) is 0 Å². The Kier molecular flexibility index (Phi) is 3.58. The van der Waals surface area contributed by atoms with Gasteiger partial charge in [0.15, 0.2) is 0 Å². The van der Waals surface area contributed by atoms with E-state index >= 15 is 0 Å². The van der Waals surface area contributed by atoms with E-state index < -0.39 is 5.82 Å². The summed E-state index contributed by atoms with van der Waals surface area (Å²) in [4.78, 5) is 0. The first-order chi connectivity index (χ1) is 8.74. The molecule has 1 heterocycles. The average Bonchev–Trinajstić information content (AvgIpc) is 2.84. The summed E-state index contributed by atoms with van der Waals surface area (Å²) >= 11 is 0. The number of hydrogen-bond donors (Lipinski definition) is 1. The highest BCUT2D eigenvalue weighted by molar-refractivity contribution is 5.57. The minimum atomic E-state index is -0.508. The van der Waals surface area contributed by atoms with Gasteiger partial charge in [0.25, 0.3) is 0 Å². The molecule has 0 aliphatic heterocycles. The Labute approximate surface area is 105 Å². The Morgan fingerprint density at radius 3 is 3.00 bits per heavy atom. The quantitative estimate of drug-likeness (QED) is 0.899. The number of nitriles is 1. The second-order valence-corrected chi connectivity index (χ2v) is 3.83. The maximum absolute atomic E-state index is 13.4. The van der Waals surface area contributed by atoms with Gasteiger partial charge in [-0.15, -0.1) is 0 Å². The molecular formula is C13H13FN4. The van der Waals surface area contributed by atoms with Crippen LogP contribution in [0, 0.1) is 17.1 Å². The lowest BCUT2D eigenvalue weighted by atomic mass is 10.2. The summed E-state index contributed by atoms with van der Waals surface area (Å²) in [6, 6.07) is 6.40. The summed E-state index contributed by atoms with van der Waals surface area (Å²) in [6.07, 6.45) is 3.67. The molecule has 0 saturated heterocycles. The fourth-order valence-electron chi connectivity index (χ4n) is 1.65. The number of anilines is 1. The molecule has 0 bridgehead atoms. The molecule has 1 aromatic heterocycles. The topological polar surface area (TPSA) is 53.6 Å². The van der Waals surface area contributed by atoms with Gasteiger partial charge in [0.05, 0.1) is 11.9 Å². The maximum atomic E-state index is 13.4. The van der Waals surface area contributed by atoms with Crippen molar-refractivity contribution in [2.45, 2.75) is 20.0 Å². The first kappa shape index (κ1) is 12.1. The Morgan fingerprint density at radius 1 is 1.50 bits per heavy atom. The van der Waals surface area contributed by atoms with Crippen molar-refractivity contribution in [2.24, 2.45) is 0 Å². The van der Waals surface area contributed by atoms with Crippen molar-refractivity contribution in [1.82, 2.24) is 9.78 Å². The van der Waals surface area contributed by atoms with E-state index in [4.69, 9.17) is 5.26 Å². The largest absolute Gasteiger partial charge is 0.380 e. The zero-order chi connectivity index (χ0) is 13.0. The summed E-state index contributed by atoms with van der Waals surface area (Å²) in [6.45, 7) is 3.33. The van der Waals surface area contributed by atoms with E-state index in [9.17, 15) is 4.39 Å². The van der Waals surface area contributed by atoms with E-state index in [0.717, 1.165) is 12.1 Å². The molecule has 0 radical (unpaired) electrons. The van der Waals surface area contributed by atoms with E-state index in [1.807, 2.05) is 23.9 Å². The molecule has 0 amide bonds. The van der Waals surface area contributed by atoms with Crippen molar-refractivity contribution in [2.75, 3.05) is 5.32 Å². The van der Waals surface area contributed by atoms with Crippen LogP contribution in [-0.4, -0.2) is 9.78 Å². The molecule has 92 valence electrons. The van der Waals surface area contributed by atoms with E-state index in [2.05, 4.69) is 10.4 Å². The van der Waals surface area contributed by atoms with Crippen molar-refractivity contribution >= 4 is 5.69 Å². The number of aromatic nitrogens is 2. The van der Waals surface area contributed by atoms with Gasteiger partial charge in [-0.05, 0) is 19.1 Å². The number of benzene rings is 1. The highest BCUT2D eigenvalue weighted by Crippen LogP contribution is 2.18. The first-order valence-electron chi connectivity index (χ1n) is 5.68. The van der Waals surface area contributed by atoms with Crippen LogP contribution in [0.15, 0.2) is 30.6 Å². The van der Waals surface area contributed by atoms with E-state index in [1.165, 1.54) is 6.07 Å². The van der Waals surface area contributed by atoms with Crippen LogP contribution in [-0.2, 0) is 13.1 Å². The molecule has 4 nitrogen and oxygen atoms in total. The lowest BCUT2D eigenvalue weighted by Gasteiger charge is -2.07. The van der Waals surface area contributed by atoms with Crippen LogP contribution in [0.1, 0.15) is 18.1 Å². The SMILES string of the molecule is CCn1cc(CNc2cccc(F)c2C#N)cn1. The molecule has 0 aliphatic carbocycles. The van der Waals surface area contributed by atoms with Gasteiger partial charge in [-0.25, -0.2) is 4.39 Å². The predicted molar refractivity (Wildman–Crippen MR) is 66.3 cm³/mol. The van der Waals surface area contributed by atoms with Gasteiger partial charge in [-0.2, -0.15) is 10.4 Å². The van der Waals surface area contributed by atoms with Crippen molar-refractivity contribution in [1.29, 1.82) is 5.26 Å². The highest BCUT2D eigenvalue weighted by atomic mass is 19.1. The fourth-order valence-corrected chi connectivity index (χ4v) is 1.65. The number of halogens is 1. The molecule has 1 aromatic carbocycles. The Hall–Kier alpha value is -2.35. The van der Waals surface area contributed by atoms with Crippen molar-refractivity contribution < 1.29 is 4.39 Å². The molecule has 0 unspecified atom stereocenters. The van der Waals surface area contributed by atoms with E-state index in [-0.39, 0.29) is 5.56 Å². The maximum Gasteiger partial charge on any atom is 0.143 e. The Bertz CT molecular complexity index is 583. The third kappa shape index (κ3) is 2.48. The second-order valence-electron chi connectivity index (χ2n) is 3.83. The van der Waals surface area contributed by atoms with Crippen molar-refractivity contribution in [3.8, 4) is 6.07 Å². The van der Waals surface area contributed by atoms with Gasteiger partial charge in [0, 0.05) is 24.8 Å². The number of rotatable bonds is 4. The van der Waals surface area contributed by atoms with Crippen molar-refractivity contribution in [3.63, 3.8) is 0 Å². The van der Waals surface area contributed by atoms with Gasteiger partial charge in [-0.1, -0.05) is 6.07 Å². The molecule has 5 heteroatoms. The van der Waals surface area contributed by atoms with Gasteiger partial charge >= 0.3 is 0 Å². The minimum absolute atomic E-state index is 0.0420. The van der Waals surface area contributed by atoms with Crippen LogP contribution in [0.3, 0.4) is 0 Å². The van der Waals surface area contributed by atoms with Crippen LogP contribution < -0.4 is 5.32 Å². The van der Waals surface area contributed by atoms with Gasteiger partial charge in [0.1, 0.15) is 17.4 Å². The highest BCUT2D eigenvalue weighted by Gasteiger charge is 2.07. The third-order valence-corrected chi connectivity index (χ3v) is 2.62. The minimum Gasteiger partial charge on any atom is -0.380 e. The van der Waals surface area contributed by atoms with Gasteiger partial charge in [-0.3, -0.25) is 4.68 Å². The predicted octanol–water partition coefficient (Wildman–Crippen LogP) is 2.53. The molecule has 2 aromatic rings.